The van der Waals surface area contributed by atoms with Gasteiger partial charge in [0.15, 0.2) is 9.84 Å². The second-order valence-electron chi connectivity index (χ2n) is 4.97. The smallest absolute Gasteiger partial charge is 0.268 e. The highest BCUT2D eigenvalue weighted by Gasteiger charge is 2.15. The summed E-state index contributed by atoms with van der Waals surface area (Å²) in [5.41, 5.74) is 1.02. The molecular formula is C14H18N2O4S. The van der Waals surface area contributed by atoms with Crippen LogP contribution in [0.25, 0.3) is 10.9 Å². The molecule has 1 amide bonds. The zero-order chi connectivity index (χ0) is 15.6. The highest BCUT2D eigenvalue weighted by Crippen LogP contribution is 2.20. The number of benzene rings is 1. The van der Waals surface area contributed by atoms with E-state index in [9.17, 15) is 13.2 Å². The maximum Gasteiger partial charge on any atom is 0.268 e. The lowest BCUT2D eigenvalue weighted by atomic mass is 10.2. The Morgan fingerprint density at radius 2 is 2.10 bits per heavy atom. The van der Waals surface area contributed by atoms with Gasteiger partial charge in [0, 0.05) is 17.2 Å². The summed E-state index contributed by atoms with van der Waals surface area (Å²) >= 11 is 0. The van der Waals surface area contributed by atoms with Gasteiger partial charge in [-0.3, -0.25) is 4.79 Å². The first-order chi connectivity index (χ1) is 9.85. The van der Waals surface area contributed by atoms with Crippen molar-refractivity contribution < 1.29 is 18.3 Å². The minimum Gasteiger partial charge on any atom is -0.394 e. The van der Waals surface area contributed by atoms with Crippen LogP contribution >= 0.6 is 0 Å². The molecule has 0 saturated carbocycles. The van der Waals surface area contributed by atoms with Crippen LogP contribution in [0.3, 0.4) is 0 Å². The number of fused-ring (bicyclic) bond motifs is 1. The number of aliphatic hydroxyl groups excluding tert-OH is 1. The highest BCUT2D eigenvalue weighted by atomic mass is 32.2. The molecule has 1 aromatic heterocycles. The number of hydrogen-bond donors (Lipinski definition) is 3. The number of sulfone groups is 1. The number of carbonyl (C=O) groups is 1. The standard InChI is InChI=1S/C14H18N2O4S/c1-3-10(8-17)15-14(18)13-7-9-6-11(21(2,19)20)4-5-12(9)16-13/h4-7,10,16-17H,3,8H2,1-2H3,(H,15,18)/t10-/m0/s1. The van der Waals surface area contributed by atoms with Gasteiger partial charge in [-0.25, -0.2) is 8.42 Å². The molecule has 0 fully saturated rings. The molecule has 2 aromatic rings. The van der Waals surface area contributed by atoms with E-state index in [1.54, 1.807) is 12.1 Å². The largest absolute Gasteiger partial charge is 0.394 e. The van der Waals surface area contributed by atoms with E-state index in [0.717, 1.165) is 6.26 Å². The molecule has 0 spiro atoms. The first-order valence-corrected chi connectivity index (χ1v) is 8.49. The Bertz CT molecular complexity index is 760. The molecular weight excluding hydrogens is 292 g/mol. The van der Waals surface area contributed by atoms with Crippen LogP contribution in [0.1, 0.15) is 23.8 Å². The molecule has 2 rings (SSSR count). The van der Waals surface area contributed by atoms with Gasteiger partial charge in [-0.2, -0.15) is 0 Å². The van der Waals surface area contributed by atoms with Crippen LogP contribution in [-0.4, -0.2) is 43.3 Å². The van der Waals surface area contributed by atoms with Crippen LogP contribution in [0.5, 0.6) is 0 Å². The van der Waals surface area contributed by atoms with Crippen molar-refractivity contribution in [3.05, 3.63) is 30.0 Å². The molecule has 6 nitrogen and oxygen atoms in total. The lowest BCUT2D eigenvalue weighted by molar-refractivity contribution is 0.0910. The number of aliphatic hydroxyl groups is 1. The third-order valence-corrected chi connectivity index (χ3v) is 4.42. The monoisotopic (exact) mass is 310 g/mol. The molecule has 7 heteroatoms. The highest BCUT2D eigenvalue weighted by molar-refractivity contribution is 7.90. The molecule has 0 aliphatic carbocycles. The van der Waals surface area contributed by atoms with Crippen molar-refractivity contribution in [2.24, 2.45) is 0 Å². The number of hydrogen-bond acceptors (Lipinski definition) is 4. The van der Waals surface area contributed by atoms with Crippen LogP contribution < -0.4 is 5.32 Å². The summed E-state index contributed by atoms with van der Waals surface area (Å²) < 4.78 is 23.0. The van der Waals surface area contributed by atoms with Crippen LogP contribution in [-0.2, 0) is 9.84 Å². The quantitative estimate of drug-likeness (QED) is 0.769. The molecule has 21 heavy (non-hydrogen) atoms. The van der Waals surface area contributed by atoms with E-state index < -0.39 is 9.84 Å². The Hall–Kier alpha value is -1.86. The van der Waals surface area contributed by atoms with E-state index in [1.165, 1.54) is 12.1 Å². The summed E-state index contributed by atoms with van der Waals surface area (Å²) in [5.74, 6) is -0.326. The Morgan fingerprint density at radius 3 is 2.67 bits per heavy atom. The second kappa shape index (κ2) is 5.87. The maximum atomic E-state index is 12.1. The van der Waals surface area contributed by atoms with Gasteiger partial charge >= 0.3 is 0 Å². The SMILES string of the molecule is CC[C@@H](CO)NC(=O)c1cc2cc(S(C)(=O)=O)ccc2[nH]1. The van der Waals surface area contributed by atoms with Gasteiger partial charge in [-0.15, -0.1) is 0 Å². The van der Waals surface area contributed by atoms with E-state index in [1.807, 2.05) is 6.92 Å². The molecule has 0 saturated heterocycles. The number of nitrogens with one attached hydrogen (secondary N) is 2. The first-order valence-electron chi connectivity index (χ1n) is 6.59. The van der Waals surface area contributed by atoms with Gasteiger partial charge in [-0.05, 0) is 30.7 Å². The summed E-state index contributed by atoms with van der Waals surface area (Å²) in [7, 11) is -3.28. The van der Waals surface area contributed by atoms with Gasteiger partial charge in [-0.1, -0.05) is 6.92 Å². The van der Waals surface area contributed by atoms with Crippen LogP contribution in [0, 0.1) is 0 Å². The fourth-order valence-electron chi connectivity index (χ4n) is 2.00. The Morgan fingerprint density at radius 1 is 1.38 bits per heavy atom. The summed E-state index contributed by atoms with van der Waals surface area (Å²) in [5, 5.41) is 12.4. The van der Waals surface area contributed by atoms with Crippen molar-refractivity contribution in [2.75, 3.05) is 12.9 Å². The second-order valence-corrected chi connectivity index (χ2v) is 6.98. The Kier molecular flexibility index (Phi) is 4.34. The molecule has 114 valence electrons. The fraction of sp³-hybridized carbons (Fsp3) is 0.357. The van der Waals surface area contributed by atoms with Gasteiger partial charge in [0.1, 0.15) is 5.69 Å². The normalized spacial score (nSPS) is 13.3. The van der Waals surface area contributed by atoms with Crippen molar-refractivity contribution in [2.45, 2.75) is 24.3 Å². The number of rotatable bonds is 5. The number of amides is 1. The van der Waals surface area contributed by atoms with Crippen molar-refractivity contribution >= 4 is 26.6 Å². The van der Waals surface area contributed by atoms with E-state index in [4.69, 9.17) is 5.11 Å². The van der Waals surface area contributed by atoms with Gasteiger partial charge in [0.05, 0.1) is 17.5 Å². The summed E-state index contributed by atoms with van der Waals surface area (Å²) in [6.45, 7) is 1.74. The lowest BCUT2D eigenvalue weighted by Crippen LogP contribution is -2.37. The van der Waals surface area contributed by atoms with Crippen LogP contribution in [0.4, 0.5) is 0 Å². The summed E-state index contributed by atoms with van der Waals surface area (Å²) in [6, 6.07) is 5.96. The van der Waals surface area contributed by atoms with Crippen molar-refractivity contribution in [3.63, 3.8) is 0 Å². The predicted octanol–water partition coefficient (Wildman–Crippen LogP) is 1.07. The Labute approximate surface area is 123 Å². The number of H-pyrrole nitrogens is 1. The van der Waals surface area contributed by atoms with Crippen molar-refractivity contribution in [3.8, 4) is 0 Å². The molecule has 0 radical (unpaired) electrons. The minimum atomic E-state index is -3.28. The zero-order valence-electron chi connectivity index (χ0n) is 11.9. The number of aromatic nitrogens is 1. The summed E-state index contributed by atoms with van der Waals surface area (Å²) in [4.78, 5) is 15.2. The average Bonchev–Trinajstić information content (AvgIpc) is 2.86. The fourth-order valence-corrected chi connectivity index (χ4v) is 2.66. The Balaban J connectivity index is 2.33. The molecule has 1 heterocycles. The molecule has 0 bridgehead atoms. The predicted molar refractivity (Wildman–Crippen MR) is 80.0 cm³/mol. The van der Waals surface area contributed by atoms with E-state index in [0.29, 0.717) is 23.0 Å². The molecule has 0 unspecified atom stereocenters. The third-order valence-electron chi connectivity index (χ3n) is 3.31. The van der Waals surface area contributed by atoms with Gasteiger partial charge in [0.25, 0.3) is 5.91 Å². The molecule has 3 N–H and O–H groups in total. The maximum absolute atomic E-state index is 12.1. The molecule has 0 aliphatic heterocycles. The first kappa shape index (κ1) is 15.5. The lowest BCUT2D eigenvalue weighted by Gasteiger charge is -2.12. The third kappa shape index (κ3) is 3.43. The topological polar surface area (TPSA) is 99.3 Å². The minimum absolute atomic E-state index is 0.124. The number of aromatic amines is 1. The zero-order valence-corrected chi connectivity index (χ0v) is 12.7. The molecule has 1 atom stereocenters. The van der Waals surface area contributed by atoms with Crippen molar-refractivity contribution in [1.82, 2.24) is 10.3 Å². The van der Waals surface area contributed by atoms with Crippen LogP contribution in [0.2, 0.25) is 0 Å². The van der Waals surface area contributed by atoms with E-state index in [2.05, 4.69) is 10.3 Å². The van der Waals surface area contributed by atoms with Crippen molar-refractivity contribution in [1.29, 1.82) is 0 Å². The summed E-state index contributed by atoms with van der Waals surface area (Å²) in [6.07, 6.45) is 1.77. The van der Waals surface area contributed by atoms with E-state index >= 15 is 0 Å². The number of carbonyl (C=O) groups excluding carboxylic acids is 1. The van der Waals surface area contributed by atoms with Crippen LogP contribution in [0.15, 0.2) is 29.2 Å². The van der Waals surface area contributed by atoms with Gasteiger partial charge in [0.2, 0.25) is 0 Å². The molecule has 1 aromatic carbocycles. The molecule has 0 aliphatic rings. The van der Waals surface area contributed by atoms with E-state index in [-0.39, 0.29) is 23.5 Å². The average molecular weight is 310 g/mol. The van der Waals surface area contributed by atoms with Gasteiger partial charge < -0.3 is 15.4 Å².